The van der Waals surface area contributed by atoms with E-state index in [9.17, 15) is 0 Å². The number of rotatable bonds is 10. The van der Waals surface area contributed by atoms with E-state index in [4.69, 9.17) is 13.7 Å². The summed E-state index contributed by atoms with van der Waals surface area (Å²) in [6.45, 7) is 15.6. The molecule has 1 aromatic rings. The van der Waals surface area contributed by atoms with Crippen LogP contribution in [0, 0.1) is 0 Å². The summed E-state index contributed by atoms with van der Waals surface area (Å²) in [7, 11) is -1.98. The van der Waals surface area contributed by atoms with Crippen molar-refractivity contribution in [2.24, 2.45) is 0 Å². The molecule has 2 aliphatic rings. The van der Waals surface area contributed by atoms with Crippen molar-refractivity contribution in [3.63, 3.8) is 0 Å². The van der Waals surface area contributed by atoms with Gasteiger partial charge in [0, 0.05) is 0 Å². The third kappa shape index (κ3) is 5.06. The Bertz CT molecular complexity index is 704. The normalized spacial score (nSPS) is 24.1. The molecule has 3 nitrogen and oxygen atoms in total. The maximum absolute atomic E-state index is 7.03. The van der Waals surface area contributed by atoms with E-state index in [1.165, 1.54) is 60.8 Å². The summed E-state index contributed by atoms with van der Waals surface area (Å²) in [4.78, 5) is 0. The molecule has 0 bridgehead atoms. The number of fused-ring (bicyclic) bond motifs is 1. The highest BCUT2D eigenvalue weighted by Crippen LogP contribution is 2.41. The average molecular weight is 431 g/mol. The first-order chi connectivity index (χ1) is 14.1. The molecular formula is C25H43BO3Si. The molecule has 0 amide bonds. The van der Waals surface area contributed by atoms with Gasteiger partial charge in [-0.1, -0.05) is 64.2 Å². The monoisotopic (exact) mass is 430 g/mol. The third-order valence-corrected chi connectivity index (χ3v) is 11.2. The Labute approximate surface area is 186 Å². The maximum Gasteiger partial charge on any atom is 0.495 e. The van der Waals surface area contributed by atoms with Crippen LogP contribution in [-0.4, -0.2) is 26.6 Å². The molecule has 0 N–H and O–H groups in total. The van der Waals surface area contributed by atoms with Crippen LogP contribution in [0.3, 0.4) is 0 Å². The zero-order chi connectivity index (χ0) is 22.0. The highest BCUT2D eigenvalue weighted by Gasteiger charge is 2.52. The number of benzene rings is 1. The van der Waals surface area contributed by atoms with Crippen LogP contribution in [0.1, 0.15) is 97.3 Å². The first-order valence-electron chi connectivity index (χ1n) is 12.3. The van der Waals surface area contributed by atoms with Crippen molar-refractivity contribution in [3.05, 3.63) is 29.3 Å². The lowest BCUT2D eigenvalue weighted by Gasteiger charge is -2.32. The predicted molar refractivity (Wildman–Crippen MR) is 130 cm³/mol. The number of hydrogen-bond donors (Lipinski definition) is 0. The molecule has 1 saturated heterocycles. The molecule has 1 aromatic carbocycles. The molecule has 168 valence electrons. The lowest BCUT2D eigenvalue weighted by atomic mass is 9.75. The van der Waals surface area contributed by atoms with Crippen LogP contribution >= 0.6 is 0 Å². The van der Waals surface area contributed by atoms with Crippen LogP contribution in [0.5, 0.6) is 0 Å². The molecule has 30 heavy (non-hydrogen) atoms. The fourth-order valence-electron chi connectivity index (χ4n) is 4.84. The summed E-state index contributed by atoms with van der Waals surface area (Å²) in [6.07, 6.45) is 8.87. The largest absolute Gasteiger partial charge is 0.495 e. The Hall–Kier alpha value is -0.618. The van der Waals surface area contributed by atoms with Gasteiger partial charge in [0.15, 0.2) is 8.32 Å². The minimum atomic E-state index is -1.70. The van der Waals surface area contributed by atoms with Crippen LogP contribution in [0.15, 0.2) is 18.2 Å². The van der Waals surface area contributed by atoms with Crippen molar-refractivity contribution in [2.45, 2.75) is 122 Å². The van der Waals surface area contributed by atoms with Crippen LogP contribution < -0.4 is 5.46 Å². The molecule has 2 atom stereocenters. The van der Waals surface area contributed by atoms with Gasteiger partial charge in [-0.3, -0.25) is 0 Å². The van der Waals surface area contributed by atoms with Crippen LogP contribution in [0.2, 0.25) is 18.6 Å². The molecule has 0 radical (unpaired) electrons. The summed E-state index contributed by atoms with van der Waals surface area (Å²) in [6, 6.07) is 9.23. The van der Waals surface area contributed by atoms with Crippen LogP contribution in [-0.2, 0) is 20.2 Å². The molecule has 0 aromatic heterocycles. The topological polar surface area (TPSA) is 27.7 Å². The Morgan fingerprint density at radius 1 is 1.00 bits per heavy atom. The van der Waals surface area contributed by atoms with Crippen molar-refractivity contribution in [3.8, 4) is 0 Å². The molecule has 0 saturated carbocycles. The van der Waals surface area contributed by atoms with Crippen molar-refractivity contribution in [1.82, 2.24) is 0 Å². The predicted octanol–water partition coefficient (Wildman–Crippen LogP) is 6.56. The zero-order valence-electron chi connectivity index (χ0n) is 20.5. The van der Waals surface area contributed by atoms with E-state index in [1.807, 2.05) is 0 Å². The molecule has 2 unspecified atom stereocenters. The second-order valence-corrected chi connectivity index (χ2v) is 14.8. The van der Waals surface area contributed by atoms with Gasteiger partial charge in [-0.2, -0.15) is 0 Å². The van der Waals surface area contributed by atoms with E-state index in [0.717, 1.165) is 12.8 Å². The number of hydrogen-bond acceptors (Lipinski definition) is 3. The summed E-state index contributed by atoms with van der Waals surface area (Å²) in [5.41, 5.74) is 3.38. The van der Waals surface area contributed by atoms with Gasteiger partial charge in [0.1, 0.15) is 0 Å². The lowest BCUT2D eigenvalue weighted by Crippen LogP contribution is -2.41. The summed E-state index contributed by atoms with van der Waals surface area (Å²) in [5, 5.41) is 0. The quantitative estimate of drug-likeness (QED) is 0.311. The first-order valence-corrected chi connectivity index (χ1v) is 15.1. The third-order valence-electron chi connectivity index (χ3n) is 7.55. The Morgan fingerprint density at radius 3 is 2.27 bits per heavy atom. The van der Waals surface area contributed by atoms with Crippen LogP contribution in [0.25, 0.3) is 0 Å². The van der Waals surface area contributed by atoms with Gasteiger partial charge < -0.3 is 13.7 Å². The smallest absolute Gasteiger partial charge is 0.410 e. The van der Waals surface area contributed by atoms with E-state index in [0.29, 0.717) is 0 Å². The second kappa shape index (κ2) is 9.48. The minimum absolute atomic E-state index is 0.248. The van der Waals surface area contributed by atoms with E-state index in [2.05, 4.69) is 66.3 Å². The van der Waals surface area contributed by atoms with Gasteiger partial charge in [-0.05, 0) is 75.8 Å². The highest BCUT2D eigenvalue weighted by atomic mass is 28.4. The molecular weight excluding hydrogens is 387 g/mol. The van der Waals surface area contributed by atoms with E-state index in [-0.39, 0.29) is 24.4 Å². The second-order valence-electron chi connectivity index (χ2n) is 10.7. The highest BCUT2D eigenvalue weighted by molar-refractivity contribution is 6.72. The van der Waals surface area contributed by atoms with Gasteiger partial charge in [0.25, 0.3) is 0 Å². The fourth-order valence-corrected chi connectivity index (χ4v) is 8.36. The average Bonchev–Trinajstić information content (AvgIpc) is 3.17. The molecule has 1 fully saturated rings. The van der Waals surface area contributed by atoms with Crippen LogP contribution in [0.4, 0.5) is 0 Å². The SMILES string of the molecule is CCCCC[Si](C)(CCCC)OC1CCc2c(B3OC(C)(C)C(C)(C)O3)cccc21. The van der Waals surface area contributed by atoms with Gasteiger partial charge in [0.05, 0.1) is 17.3 Å². The Kier molecular flexibility index (Phi) is 7.59. The summed E-state index contributed by atoms with van der Waals surface area (Å²) in [5.74, 6) is 0. The molecule has 1 heterocycles. The maximum atomic E-state index is 7.03. The Morgan fingerprint density at radius 2 is 1.63 bits per heavy atom. The van der Waals surface area contributed by atoms with Gasteiger partial charge in [0.2, 0.25) is 0 Å². The summed E-state index contributed by atoms with van der Waals surface area (Å²) >= 11 is 0. The van der Waals surface area contributed by atoms with Gasteiger partial charge in [-0.25, -0.2) is 0 Å². The van der Waals surface area contributed by atoms with Crippen molar-refractivity contribution >= 4 is 20.9 Å². The lowest BCUT2D eigenvalue weighted by molar-refractivity contribution is 0.00578. The molecule has 0 spiro atoms. The molecule has 1 aliphatic heterocycles. The summed E-state index contributed by atoms with van der Waals surface area (Å²) < 4.78 is 19.8. The van der Waals surface area contributed by atoms with Crippen molar-refractivity contribution in [2.75, 3.05) is 0 Å². The minimum Gasteiger partial charge on any atom is -0.410 e. The zero-order valence-corrected chi connectivity index (χ0v) is 21.5. The van der Waals surface area contributed by atoms with Gasteiger partial charge >= 0.3 is 7.12 Å². The standard InChI is InChI=1S/C25H43BO3Si/c1-8-10-12-19-30(7,18-11-9-2)27-23-17-16-20-21(23)14-13-15-22(20)26-28-24(3,4)25(5,6)29-26/h13-15,23H,8-12,16-19H2,1-7H3. The van der Waals surface area contributed by atoms with Crippen molar-refractivity contribution < 1.29 is 13.7 Å². The molecule has 1 aliphatic carbocycles. The number of unbranched alkanes of at least 4 members (excludes halogenated alkanes) is 3. The van der Waals surface area contributed by atoms with E-state index >= 15 is 0 Å². The van der Waals surface area contributed by atoms with E-state index < -0.39 is 8.32 Å². The van der Waals surface area contributed by atoms with E-state index in [1.54, 1.807) is 0 Å². The fraction of sp³-hybridized carbons (Fsp3) is 0.760. The Balaban J connectivity index is 1.79. The van der Waals surface area contributed by atoms with Gasteiger partial charge in [-0.15, -0.1) is 0 Å². The first kappa shape index (κ1) is 24.0. The van der Waals surface area contributed by atoms with Crippen molar-refractivity contribution in [1.29, 1.82) is 0 Å². The molecule has 3 rings (SSSR count). The molecule has 5 heteroatoms.